The molecule has 6 aliphatic heterocycles. The molecular formula is C100H74N8O12. The van der Waals surface area contributed by atoms with Crippen LogP contribution in [-0.2, 0) is 0 Å². The number of aromatic nitrogens is 8. The number of rotatable bonds is 16. The summed E-state index contributed by atoms with van der Waals surface area (Å²) in [7, 11) is 6.67. The molecule has 20 heteroatoms. The van der Waals surface area contributed by atoms with E-state index in [9.17, 15) is 0 Å². The molecule has 3 aromatic heterocycles. The summed E-state index contributed by atoms with van der Waals surface area (Å²) in [5, 5.41) is 2.80. The molecule has 9 heterocycles. The third-order valence-corrected chi connectivity index (χ3v) is 22.9. The van der Waals surface area contributed by atoms with Gasteiger partial charge in [0, 0.05) is 88.3 Å². The predicted molar refractivity (Wildman–Crippen MR) is 463 cm³/mol. The minimum atomic E-state index is 0.352. The number of benzene rings is 12. The van der Waals surface area contributed by atoms with Crippen LogP contribution in [0.5, 0.6) is 92.0 Å². The lowest BCUT2D eigenvalue weighted by Gasteiger charge is -2.22. The molecule has 0 spiro atoms. The van der Waals surface area contributed by atoms with Crippen molar-refractivity contribution in [2.24, 2.45) is 0 Å². The van der Waals surface area contributed by atoms with E-state index in [4.69, 9.17) is 86.7 Å². The van der Waals surface area contributed by atoms with Crippen molar-refractivity contribution in [3.8, 4) is 138 Å². The van der Waals surface area contributed by atoms with Crippen molar-refractivity contribution in [3.05, 3.63) is 309 Å². The Morgan fingerprint density at radius 2 is 0.483 bits per heavy atom. The van der Waals surface area contributed by atoms with Gasteiger partial charge in [-0.3, -0.25) is 0 Å². The Labute approximate surface area is 688 Å². The summed E-state index contributed by atoms with van der Waals surface area (Å²) in [6.45, 7) is 9.62. The van der Waals surface area contributed by atoms with Crippen LogP contribution in [0.1, 0.15) is 66.8 Å². The molecule has 0 unspecified atom stereocenters. The van der Waals surface area contributed by atoms with E-state index in [0.29, 0.717) is 151 Å². The van der Waals surface area contributed by atoms with Crippen LogP contribution in [0.2, 0.25) is 0 Å². The zero-order valence-electron chi connectivity index (χ0n) is 66.5. The molecular weight excluding hydrogens is 1510 g/mol. The number of fused-ring (bicyclic) bond motifs is 24. The summed E-state index contributed by atoms with van der Waals surface area (Å²) >= 11 is 0. The first-order valence-electron chi connectivity index (χ1n) is 39.4. The zero-order valence-corrected chi connectivity index (χ0v) is 66.5. The van der Waals surface area contributed by atoms with Crippen LogP contribution >= 0.6 is 0 Å². The normalized spacial score (nSPS) is 13.3. The van der Waals surface area contributed by atoms with Crippen molar-refractivity contribution >= 4 is 66.4 Å². The fraction of sp³-hybridized carbons (Fsp3) is 0.120. The average Bonchev–Trinajstić information content (AvgIpc) is 1.42. The SMILES string of the molecule is COc1ccc(C2=CCOc3c2ccc(Oc2ccc4c(c2)-c2nc-4nc4[nH]c(nc5nc(nc6[nH]c(n2)c2ccc(Oc7ccc8c(c7C)OCC=C8c7ccc(OC)cc7)cc62)-c2ccc(Oc6ccc7c(c6C)OCC=C7c6ccc(OC)cc6)cc2-5)c2ccc(Oc5ccc6c(c5C)OCC=C6c5ccc(OC)cc5)cc42)c3C)cc1. The zero-order chi connectivity index (χ0) is 81.0. The Morgan fingerprint density at radius 3 is 0.767 bits per heavy atom. The van der Waals surface area contributed by atoms with Gasteiger partial charge in [0.25, 0.3) is 0 Å². The molecule has 20 nitrogen and oxygen atoms in total. The lowest BCUT2D eigenvalue weighted by atomic mass is 9.93. The van der Waals surface area contributed by atoms with E-state index >= 15 is 0 Å². The Balaban J connectivity index is 0.723. The smallest absolute Gasteiger partial charge is 0.164 e. The molecule has 21 rings (SSSR count). The van der Waals surface area contributed by atoms with Crippen molar-refractivity contribution in [1.29, 1.82) is 0 Å². The first-order chi connectivity index (χ1) is 58.8. The van der Waals surface area contributed by atoms with Gasteiger partial charge >= 0.3 is 0 Å². The number of hydrogen-bond acceptors (Lipinski definition) is 18. The maximum atomic E-state index is 6.94. The fourth-order valence-corrected chi connectivity index (χ4v) is 16.7. The van der Waals surface area contributed by atoms with Crippen molar-refractivity contribution in [2.45, 2.75) is 27.7 Å². The van der Waals surface area contributed by atoms with E-state index in [1.54, 1.807) is 28.4 Å². The summed E-state index contributed by atoms with van der Waals surface area (Å²) in [5.74, 6) is 12.1. The van der Waals surface area contributed by atoms with Crippen molar-refractivity contribution < 1.29 is 56.8 Å². The van der Waals surface area contributed by atoms with Crippen LogP contribution in [0.25, 0.3) is 112 Å². The van der Waals surface area contributed by atoms with Gasteiger partial charge < -0.3 is 66.8 Å². The van der Waals surface area contributed by atoms with Crippen LogP contribution in [0.3, 0.4) is 0 Å². The van der Waals surface area contributed by atoms with Gasteiger partial charge in [0.1, 0.15) is 141 Å². The van der Waals surface area contributed by atoms with Crippen LogP contribution in [0, 0.1) is 27.7 Å². The van der Waals surface area contributed by atoms with Gasteiger partial charge in [0.05, 0.1) is 28.4 Å². The standard InChI is InChI=1S/C100H74N8O12/c1-53-85(37-33-73-69(41-45-113-89(53)73)57-9-17-61(109-5)18-10-57)117-65-25-29-77-81(49-65)97-101-93(77)106-98-83-51-67(119-87-39-35-75-71(43-47-115-91(75)55(87)3)59-13-21-63(111-7)22-14-59)27-31-79(83)95(103-98)108-100-84-52-68(120-88-40-36-76-72(44-48-116-92(76)56(88)4)60-15-23-64(112-8)24-16-60)28-32-80(84)96(104-100)107-99-82-50-66(26-30-78(82)94(102-99)105-97)118-86-38-34-74-70(42-46-114-90(74)54(86)2)58-11-19-62(110-6)20-12-58/h9-44,49-52H,45-48H2,1-8H3,(H2,101,102,103,104,105,106,107,108). The fourth-order valence-electron chi connectivity index (χ4n) is 16.7. The molecule has 12 aromatic carbocycles. The summed E-state index contributed by atoms with van der Waals surface area (Å²) in [6, 6.07) is 71.8. The van der Waals surface area contributed by atoms with Crippen molar-refractivity contribution in [1.82, 2.24) is 39.9 Å². The minimum Gasteiger partial charge on any atom is -0.497 e. The summed E-state index contributed by atoms with van der Waals surface area (Å²) in [6.07, 6.45) is 8.39. The van der Waals surface area contributed by atoms with Gasteiger partial charge in [-0.2, -0.15) is 0 Å². The third kappa shape index (κ3) is 12.7. The molecule has 15 aromatic rings. The Morgan fingerprint density at radius 1 is 0.242 bits per heavy atom. The van der Waals surface area contributed by atoms with E-state index in [-0.39, 0.29) is 0 Å². The molecule has 2 N–H and O–H groups in total. The number of hydrogen-bond donors (Lipinski definition) is 2. The molecule has 6 aliphatic rings. The van der Waals surface area contributed by atoms with E-state index < -0.39 is 0 Å². The van der Waals surface area contributed by atoms with Gasteiger partial charge in [-0.15, -0.1) is 0 Å². The van der Waals surface area contributed by atoms with Crippen LogP contribution < -0.4 is 56.8 Å². The van der Waals surface area contributed by atoms with E-state index in [1.165, 1.54) is 0 Å². The number of nitrogens with one attached hydrogen (secondary N) is 2. The monoisotopic (exact) mass is 1580 g/mol. The highest BCUT2D eigenvalue weighted by molar-refractivity contribution is 6.07. The molecule has 0 saturated carbocycles. The van der Waals surface area contributed by atoms with Crippen molar-refractivity contribution in [2.75, 3.05) is 54.9 Å². The van der Waals surface area contributed by atoms with E-state index in [2.05, 4.69) is 82.8 Å². The number of nitrogens with zero attached hydrogens (tertiary/aromatic N) is 6. The number of aromatic amines is 2. The van der Waals surface area contributed by atoms with E-state index in [1.807, 2.05) is 198 Å². The molecule has 0 radical (unpaired) electrons. The summed E-state index contributed by atoms with van der Waals surface area (Å²) in [4.78, 5) is 40.1. The third-order valence-electron chi connectivity index (χ3n) is 22.9. The van der Waals surface area contributed by atoms with Gasteiger partial charge in [0.15, 0.2) is 23.3 Å². The van der Waals surface area contributed by atoms with Crippen LogP contribution in [0.15, 0.2) is 243 Å². The second-order valence-corrected chi connectivity index (χ2v) is 29.7. The van der Waals surface area contributed by atoms with Gasteiger partial charge in [-0.1, -0.05) is 48.5 Å². The van der Waals surface area contributed by atoms with Crippen molar-refractivity contribution in [3.63, 3.8) is 0 Å². The highest BCUT2D eigenvalue weighted by Crippen LogP contribution is 2.50. The number of H-pyrrole nitrogens is 2. The quantitative estimate of drug-likeness (QED) is 0.0918. The van der Waals surface area contributed by atoms with Crippen LogP contribution in [0.4, 0.5) is 0 Å². The first-order valence-corrected chi connectivity index (χ1v) is 39.4. The molecule has 0 atom stereocenters. The molecule has 0 aliphatic carbocycles. The molecule has 8 bridgehead atoms. The maximum Gasteiger partial charge on any atom is 0.164 e. The summed E-state index contributed by atoms with van der Waals surface area (Å²) in [5.41, 5.74) is 20.1. The second-order valence-electron chi connectivity index (χ2n) is 29.7. The molecule has 0 amide bonds. The topological polar surface area (TPSA) is 220 Å². The minimum absolute atomic E-state index is 0.352. The summed E-state index contributed by atoms with van der Waals surface area (Å²) < 4.78 is 75.4. The molecule has 0 saturated heterocycles. The lowest BCUT2D eigenvalue weighted by molar-refractivity contribution is 0.351. The van der Waals surface area contributed by atoms with E-state index in [0.717, 1.165) is 146 Å². The maximum absolute atomic E-state index is 6.94. The van der Waals surface area contributed by atoms with Gasteiger partial charge in [-0.25, -0.2) is 29.9 Å². The Kier molecular flexibility index (Phi) is 17.7. The molecule has 120 heavy (non-hydrogen) atoms. The van der Waals surface area contributed by atoms with Gasteiger partial charge in [-0.05, 0) is 266 Å². The first kappa shape index (κ1) is 72.3. The Hall–Kier alpha value is -15.4. The average molecular weight is 1580 g/mol. The lowest BCUT2D eigenvalue weighted by Crippen LogP contribution is -2.07. The second kappa shape index (κ2) is 29.4. The predicted octanol–water partition coefficient (Wildman–Crippen LogP) is 22.6. The largest absolute Gasteiger partial charge is 0.497 e. The number of ether oxygens (including phenoxy) is 12. The highest BCUT2D eigenvalue weighted by Gasteiger charge is 2.30. The van der Waals surface area contributed by atoms with Gasteiger partial charge in [0.2, 0.25) is 0 Å². The van der Waals surface area contributed by atoms with Crippen LogP contribution in [-0.4, -0.2) is 94.7 Å². The molecule has 0 fully saturated rings. The Bertz CT molecular complexity index is 6700. The number of methoxy groups -OCH3 is 4. The molecule has 586 valence electrons. The highest BCUT2D eigenvalue weighted by atomic mass is 16.5.